The number of aryl methyl sites for hydroxylation is 1. The normalized spacial score (nSPS) is 24.0. The molecule has 158 valence electrons. The van der Waals surface area contributed by atoms with E-state index >= 15 is 0 Å². The highest BCUT2D eigenvalue weighted by atomic mass is 35.5. The maximum atomic E-state index is 12.8. The molecule has 0 saturated carbocycles. The molecule has 2 aliphatic heterocycles. The number of sulfonamides is 1. The number of hydrogen-bond donors (Lipinski definition) is 2. The molecule has 1 aromatic carbocycles. The van der Waals surface area contributed by atoms with Gasteiger partial charge in [-0.1, -0.05) is 11.6 Å². The zero-order valence-electron chi connectivity index (χ0n) is 17.4. The van der Waals surface area contributed by atoms with Gasteiger partial charge in [0.2, 0.25) is 10.0 Å². The van der Waals surface area contributed by atoms with Crippen molar-refractivity contribution in [2.45, 2.75) is 63.6 Å². The smallest absolute Gasteiger partial charge is 0.399 e. The zero-order chi connectivity index (χ0) is 19.9. The van der Waals surface area contributed by atoms with Crippen LogP contribution in [-0.2, 0) is 19.3 Å². The Bertz CT molecular complexity index is 779. The average Bonchev–Trinajstić information content (AvgIpc) is 2.81. The highest BCUT2D eigenvalue weighted by Gasteiger charge is 2.51. The maximum Gasteiger partial charge on any atom is 0.494 e. The van der Waals surface area contributed by atoms with Crippen LogP contribution in [0.4, 0.5) is 0 Å². The third-order valence-electron chi connectivity index (χ3n) is 5.87. The summed E-state index contributed by atoms with van der Waals surface area (Å²) in [4.78, 5) is 0.260. The van der Waals surface area contributed by atoms with E-state index in [2.05, 4.69) is 10.0 Å². The van der Waals surface area contributed by atoms with Crippen LogP contribution in [0.3, 0.4) is 0 Å². The van der Waals surface area contributed by atoms with Crippen molar-refractivity contribution < 1.29 is 17.7 Å². The SMILES string of the molecule is Cc1cc(B2OC(C)(C)C(C)(C)O2)cc(S(=O)(=O)NCC2CCCNC2)c1.Cl. The number of piperidine rings is 1. The molecular weight excluding hydrogens is 399 g/mol. The van der Waals surface area contributed by atoms with E-state index < -0.39 is 28.3 Å². The first-order chi connectivity index (χ1) is 12.5. The van der Waals surface area contributed by atoms with Gasteiger partial charge in [-0.15, -0.1) is 12.4 Å². The molecule has 0 radical (unpaired) electrons. The van der Waals surface area contributed by atoms with Crippen LogP contribution in [-0.4, -0.2) is 46.4 Å². The molecule has 9 heteroatoms. The molecule has 0 aliphatic carbocycles. The molecular formula is C19H32BClN2O4S. The summed E-state index contributed by atoms with van der Waals surface area (Å²) in [5.74, 6) is 0.334. The molecule has 2 saturated heterocycles. The minimum Gasteiger partial charge on any atom is -0.399 e. The number of benzene rings is 1. The molecule has 6 nitrogen and oxygen atoms in total. The van der Waals surface area contributed by atoms with Gasteiger partial charge in [-0.3, -0.25) is 0 Å². The fourth-order valence-electron chi connectivity index (χ4n) is 3.46. The Hall–Kier alpha value is -0.635. The third kappa shape index (κ3) is 5.09. The number of halogens is 1. The predicted octanol–water partition coefficient (Wildman–Crippen LogP) is 1.99. The van der Waals surface area contributed by atoms with Gasteiger partial charge in [-0.25, -0.2) is 13.1 Å². The van der Waals surface area contributed by atoms with Crippen molar-refractivity contribution >= 4 is 35.0 Å². The minimum absolute atomic E-state index is 0. The first-order valence-electron chi connectivity index (χ1n) is 9.68. The van der Waals surface area contributed by atoms with Crippen LogP contribution in [0.1, 0.15) is 46.1 Å². The second-order valence-electron chi connectivity index (χ2n) is 8.73. The van der Waals surface area contributed by atoms with E-state index in [1.165, 1.54) is 0 Å². The summed E-state index contributed by atoms with van der Waals surface area (Å²) in [7, 11) is -4.16. The second-order valence-corrected chi connectivity index (χ2v) is 10.5. The lowest BCUT2D eigenvalue weighted by Crippen LogP contribution is -2.41. The summed E-state index contributed by atoms with van der Waals surface area (Å²) in [6.07, 6.45) is 2.13. The number of hydrogen-bond acceptors (Lipinski definition) is 5. The molecule has 2 heterocycles. The van der Waals surface area contributed by atoms with Gasteiger partial charge >= 0.3 is 7.12 Å². The molecule has 2 fully saturated rings. The van der Waals surface area contributed by atoms with Gasteiger partial charge in [-0.2, -0.15) is 0 Å². The summed E-state index contributed by atoms with van der Waals surface area (Å²) in [5, 5.41) is 3.31. The van der Waals surface area contributed by atoms with Gasteiger partial charge in [-0.05, 0) is 84.1 Å². The van der Waals surface area contributed by atoms with Crippen LogP contribution in [0.2, 0.25) is 0 Å². The molecule has 0 spiro atoms. The van der Waals surface area contributed by atoms with Gasteiger partial charge in [0.25, 0.3) is 0 Å². The Morgan fingerprint density at radius 2 is 1.82 bits per heavy atom. The van der Waals surface area contributed by atoms with Gasteiger partial charge in [0.1, 0.15) is 0 Å². The number of rotatable bonds is 5. The van der Waals surface area contributed by atoms with E-state index in [0.29, 0.717) is 12.5 Å². The van der Waals surface area contributed by atoms with Crippen molar-refractivity contribution in [3.8, 4) is 0 Å². The number of nitrogens with one attached hydrogen (secondary N) is 2. The predicted molar refractivity (Wildman–Crippen MR) is 115 cm³/mol. The molecule has 2 aliphatic rings. The lowest BCUT2D eigenvalue weighted by molar-refractivity contribution is 0.00578. The molecule has 3 rings (SSSR count). The Kier molecular flexibility index (Phi) is 7.28. The Labute approximate surface area is 175 Å². The van der Waals surface area contributed by atoms with E-state index in [1.54, 1.807) is 12.1 Å². The Balaban J connectivity index is 0.00000280. The van der Waals surface area contributed by atoms with Crippen LogP contribution in [0, 0.1) is 12.8 Å². The first-order valence-corrected chi connectivity index (χ1v) is 11.2. The summed E-state index contributed by atoms with van der Waals surface area (Å²) in [5.41, 5.74) is 0.662. The highest BCUT2D eigenvalue weighted by molar-refractivity contribution is 7.89. The quantitative estimate of drug-likeness (QED) is 0.699. The molecule has 28 heavy (non-hydrogen) atoms. The summed E-state index contributed by atoms with van der Waals surface area (Å²) >= 11 is 0. The van der Waals surface area contributed by atoms with Gasteiger partial charge in [0.05, 0.1) is 16.1 Å². The summed E-state index contributed by atoms with van der Waals surface area (Å²) < 4.78 is 40.6. The topological polar surface area (TPSA) is 76.7 Å². The van der Waals surface area contributed by atoms with Crippen molar-refractivity contribution in [2.24, 2.45) is 5.92 Å². The Morgan fingerprint density at radius 3 is 2.39 bits per heavy atom. The molecule has 2 N–H and O–H groups in total. The van der Waals surface area contributed by atoms with Crippen molar-refractivity contribution in [3.63, 3.8) is 0 Å². The van der Waals surface area contributed by atoms with E-state index in [0.717, 1.165) is 37.0 Å². The van der Waals surface area contributed by atoms with Crippen molar-refractivity contribution in [1.29, 1.82) is 0 Å². The average molecular weight is 431 g/mol. The van der Waals surface area contributed by atoms with Crippen molar-refractivity contribution in [2.75, 3.05) is 19.6 Å². The monoisotopic (exact) mass is 430 g/mol. The van der Waals surface area contributed by atoms with Crippen LogP contribution < -0.4 is 15.5 Å². The van der Waals surface area contributed by atoms with Gasteiger partial charge in [0.15, 0.2) is 0 Å². The largest absolute Gasteiger partial charge is 0.494 e. The zero-order valence-corrected chi connectivity index (χ0v) is 19.0. The molecule has 1 unspecified atom stereocenters. The van der Waals surface area contributed by atoms with E-state index in [-0.39, 0.29) is 17.3 Å². The third-order valence-corrected chi connectivity index (χ3v) is 7.27. The Morgan fingerprint density at radius 1 is 1.18 bits per heavy atom. The van der Waals surface area contributed by atoms with Gasteiger partial charge in [0, 0.05) is 6.54 Å². The van der Waals surface area contributed by atoms with E-state index in [1.807, 2.05) is 40.7 Å². The molecule has 0 bridgehead atoms. The first kappa shape index (κ1) is 23.6. The highest BCUT2D eigenvalue weighted by Crippen LogP contribution is 2.36. The maximum absolute atomic E-state index is 12.8. The lowest BCUT2D eigenvalue weighted by Gasteiger charge is -2.32. The van der Waals surface area contributed by atoms with Crippen molar-refractivity contribution in [3.05, 3.63) is 23.8 Å². The standard InChI is InChI=1S/C19H31BN2O4S.ClH/c1-14-9-16(20-25-18(2,3)19(4,5)26-20)11-17(10-14)27(23,24)22-13-15-7-6-8-21-12-15;/h9-11,15,21-22H,6-8,12-13H2,1-5H3;1H. The summed E-state index contributed by atoms with van der Waals surface area (Å²) in [6.45, 7) is 12.2. The molecule has 0 aromatic heterocycles. The van der Waals surface area contributed by atoms with Gasteiger partial charge < -0.3 is 14.6 Å². The van der Waals surface area contributed by atoms with Crippen LogP contribution in [0.5, 0.6) is 0 Å². The minimum atomic E-state index is -3.58. The van der Waals surface area contributed by atoms with Crippen LogP contribution >= 0.6 is 12.4 Å². The second kappa shape index (κ2) is 8.62. The molecule has 1 aromatic rings. The summed E-state index contributed by atoms with van der Waals surface area (Å²) in [6, 6.07) is 5.28. The van der Waals surface area contributed by atoms with Crippen molar-refractivity contribution in [1.82, 2.24) is 10.0 Å². The fraction of sp³-hybridized carbons (Fsp3) is 0.684. The van der Waals surface area contributed by atoms with Crippen LogP contribution in [0.25, 0.3) is 0 Å². The van der Waals surface area contributed by atoms with Crippen LogP contribution in [0.15, 0.2) is 23.1 Å². The van der Waals surface area contributed by atoms with E-state index in [9.17, 15) is 8.42 Å². The fourth-order valence-corrected chi connectivity index (χ4v) is 4.71. The molecule has 1 atom stereocenters. The lowest BCUT2D eigenvalue weighted by atomic mass is 9.78. The van der Waals surface area contributed by atoms with E-state index in [4.69, 9.17) is 9.31 Å². The molecule has 0 amide bonds.